The van der Waals surface area contributed by atoms with Crippen LogP contribution in [0.3, 0.4) is 0 Å². The molecule has 1 saturated carbocycles. The minimum absolute atomic E-state index is 0.147. The fraction of sp³-hybridized carbons (Fsp3) is 0.429. The van der Waals surface area contributed by atoms with Gasteiger partial charge in [0.2, 0.25) is 20.9 Å². The molecule has 1 aromatic carbocycles. The first kappa shape index (κ1) is 18.9. The van der Waals surface area contributed by atoms with Gasteiger partial charge in [-0.25, -0.2) is 18.4 Å². The van der Waals surface area contributed by atoms with E-state index in [-0.39, 0.29) is 22.8 Å². The molecule has 7 heteroatoms. The van der Waals surface area contributed by atoms with Crippen LogP contribution >= 0.6 is 0 Å². The molecule has 148 valence electrons. The quantitative estimate of drug-likeness (QED) is 0.625. The zero-order valence-electron chi connectivity index (χ0n) is 16.3. The first-order valence-electron chi connectivity index (χ1n) is 9.74. The van der Waals surface area contributed by atoms with Gasteiger partial charge in [-0.2, -0.15) is 0 Å². The summed E-state index contributed by atoms with van der Waals surface area (Å²) >= 11 is 0. The van der Waals surface area contributed by atoms with Crippen LogP contribution < -0.4 is 0 Å². The number of nitrogens with zero attached hydrogens (tertiary/aromatic N) is 3. The number of sulfone groups is 1. The predicted octanol–water partition coefficient (Wildman–Crippen LogP) is 4.63. The highest BCUT2D eigenvalue weighted by atomic mass is 32.2. The molecule has 6 nitrogen and oxygen atoms in total. The molecule has 0 aliphatic heterocycles. The predicted molar refractivity (Wildman–Crippen MR) is 107 cm³/mol. The lowest BCUT2D eigenvalue weighted by atomic mass is 9.95. The Bertz CT molecular complexity index is 1060. The van der Waals surface area contributed by atoms with E-state index in [4.69, 9.17) is 4.42 Å². The maximum Gasteiger partial charge on any atom is 0.228 e. The van der Waals surface area contributed by atoms with Crippen molar-refractivity contribution in [3.63, 3.8) is 0 Å². The van der Waals surface area contributed by atoms with Crippen LogP contribution in [0.15, 0.2) is 46.1 Å². The van der Waals surface area contributed by atoms with Crippen LogP contribution in [-0.2, 0) is 15.6 Å². The van der Waals surface area contributed by atoms with E-state index in [0.717, 1.165) is 42.6 Å². The number of aromatic nitrogens is 3. The van der Waals surface area contributed by atoms with Crippen LogP contribution in [0, 0.1) is 13.8 Å². The van der Waals surface area contributed by atoms with E-state index < -0.39 is 9.84 Å². The number of hydrogen-bond acceptors (Lipinski definition) is 5. The molecule has 0 amide bonds. The minimum Gasteiger partial charge on any atom is -0.440 e. The molecular weight excluding hydrogens is 374 g/mol. The summed E-state index contributed by atoms with van der Waals surface area (Å²) in [5, 5.41) is 0.147. The third-order valence-electron chi connectivity index (χ3n) is 5.50. The second-order valence-corrected chi connectivity index (χ2v) is 9.35. The topological polar surface area (TPSA) is 78.0 Å². The first-order valence-corrected chi connectivity index (χ1v) is 11.4. The summed E-state index contributed by atoms with van der Waals surface area (Å²) in [6, 6.07) is 9.73. The lowest BCUT2D eigenvalue weighted by Crippen LogP contribution is -2.20. The Labute approximate surface area is 165 Å². The molecular formula is C21H25N3O3S. The molecule has 0 saturated heterocycles. The van der Waals surface area contributed by atoms with Crippen LogP contribution in [0.5, 0.6) is 0 Å². The molecule has 1 fully saturated rings. The number of aryl methyl sites for hydroxylation is 1. The Kier molecular flexibility index (Phi) is 5.10. The van der Waals surface area contributed by atoms with E-state index in [0.29, 0.717) is 5.76 Å². The Hall–Kier alpha value is -2.41. The van der Waals surface area contributed by atoms with Gasteiger partial charge in [-0.1, -0.05) is 49.6 Å². The fourth-order valence-electron chi connectivity index (χ4n) is 3.92. The van der Waals surface area contributed by atoms with Crippen molar-refractivity contribution in [2.45, 2.75) is 62.9 Å². The van der Waals surface area contributed by atoms with Gasteiger partial charge in [0.1, 0.15) is 5.75 Å². The largest absolute Gasteiger partial charge is 0.440 e. The van der Waals surface area contributed by atoms with Crippen molar-refractivity contribution in [1.29, 1.82) is 0 Å². The van der Waals surface area contributed by atoms with Crippen LogP contribution in [-0.4, -0.2) is 23.0 Å². The van der Waals surface area contributed by atoms with Crippen molar-refractivity contribution in [2.75, 3.05) is 0 Å². The molecule has 28 heavy (non-hydrogen) atoms. The third kappa shape index (κ3) is 3.63. The smallest absolute Gasteiger partial charge is 0.228 e. The molecule has 0 bridgehead atoms. The third-order valence-corrected chi connectivity index (χ3v) is 6.97. The van der Waals surface area contributed by atoms with Gasteiger partial charge in [-0.05, 0) is 26.7 Å². The van der Waals surface area contributed by atoms with Gasteiger partial charge in [-0.15, -0.1) is 0 Å². The highest BCUT2D eigenvalue weighted by molar-refractivity contribution is 7.90. The number of oxazole rings is 1. The van der Waals surface area contributed by atoms with Crippen molar-refractivity contribution in [3.05, 3.63) is 53.8 Å². The van der Waals surface area contributed by atoms with Gasteiger partial charge >= 0.3 is 0 Å². The van der Waals surface area contributed by atoms with Crippen LogP contribution in [0.2, 0.25) is 0 Å². The molecule has 0 radical (unpaired) electrons. The molecule has 0 unspecified atom stereocenters. The lowest BCUT2D eigenvalue weighted by Gasteiger charge is -2.25. The maximum absolute atomic E-state index is 13.2. The normalized spacial score (nSPS) is 15.8. The molecule has 0 spiro atoms. The number of rotatable bonds is 5. The van der Waals surface area contributed by atoms with Gasteiger partial charge < -0.3 is 8.98 Å². The molecule has 1 aliphatic carbocycles. The zero-order valence-corrected chi connectivity index (χ0v) is 17.1. The van der Waals surface area contributed by atoms with Gasteiger partial charge in [0.05, 0.1) is 11.9 Å². The van der Waals surface area contributed by atoms with Gasteiger partial charge in [-0.3, -0.25) is 0 Å². The highest BCUT2D eigenvalue weighted by Gasteiger charge is 2.30. The van der Waals surface area contributed by atoms with Gasteiger partial charge in [0.15, 0.2) is 5.76 Å². The molecule has 1 aliphatic rings. The fourth-order valence-corrected chi connectivity index (χ4v) is 5.37. The number of benzene rings is 1. The average Bonchev–Trinajstić information content (AvgIpc) is 3.28. The molecule has 4 rings (SSSR count). The minimum atomic E-state index is -3.67. The second-order valence-electron chi connectivity index (χ2n) is 7.47. The Morgan fingerprint density at radius 3 is 2.54 bits per heavy atom. The summed E-state index contributed by atoms with van der Waals surface area (Å²) in [6.07, 6.45) is 7.03. The van der Waals surface area contributed by atoms with Crippen molar-refractivity contribution in [2.24, 2.45) is 0 Å². The van der Waals surface area contributed by atoms with Gasteiger partial charge in [0, 0.05) is 17.3 Å². The summed E-state index contributed by atoms with van der Waals surface area (Å²) in [5.41, 5.74) is 2.57. The molecule has 0 N–H and O–H groups in total. The lowest BCUT2D eigenvalue weighted by molar-refractivity contribution is 0.329. The average molecular weight is 400 g/mol. The monoisotopic (exact) mass is 399 g/mol. The molecule has 2 aromatic heterocycles. The maximum atomic E-state index is 13.2. The first-order chi connectivity index (χ1) is 13.5. The van der Waals surface area contributed by atoms with Crippen molar-refractivity contribution in [3.8, 4) is 11.3 Å². The van der Waals surface area contributed by atoms with Crippen molar-refractivity contribution < 1.29 is 12.8 Å². The Balaban J connectivity index is 1.64. The van der Waals surface area contributed by atoms with Crippen molar-refractivity contribution >= 4 is 9.84 Å². The summed E-state index contributed by atoms with van der Waals surface area (Å²) in [6.45, 7) is 3.82. The Morgan fingerprint density at radius 1 is 1.11 bits per heavy atom. The van der Waals surface area contributed by atoms with Crippen LogP contribution in [0.1, 0.15) is 55.4 Å². The SMILES string of the molecule is Cc1nc(S(=O)(=O)Cc2ncc(-c3ccccc3)o2)n(C2CCCCC2)c1C. The molecule has 3 aromatic rings. The summed E-state index contributed by atoms with van der Waals surface area (Å²) < 4.78 is 34.0. The van der Waals surface area contributed by atoms with Crippen LogP contribution in [0.25, 0.3) is 11.3 Å². The highest BCUT2D eigenvalue weighted by Crippen LogP contribution is 2.33. The summed E-state index contributed by atoms with van der Waals surface area (Å²) in [5.74, 6) is 0.462. The van der Waals surface area contributed by atoms with E-state index in [9.17, 15) is 8.42 Å². The zero-order chi connectivity index (χ0) is 19.7. The second kappa shape index (κ2) is 7.54. The van der Waals surface area contributed by atoms with Crippen molar-refractivity contribution in [1.82, 2.24) is 14.5 Å². The van der Waals surface area contributed by atoms with E-state index in [1.807, 2.05) is 48.7 Å². The van der Waals surface area contributed by atoms with Crippen LogP contribution in [0.4, 0.5) is 0 Å². The van der Waals surface area contributed by atoms with E-state index in [2.05, 4.69) is 9.97 Å². The molecule has 0 atom stereocenters. The molecule has 2 heterocycles. The summed E-state index contributed by atoms with van der Waals surface area (Å²) in [4.78, 5) is 8.62. The van der Waals surface area contributed by atoms with E-state index in [1.54, 1.807) is 6.20 Å². The summed E-state index contributed by atoms with van der Waals surface area (Å²) in [7, 11) is -3.67. The standard InChI is InChI=1S/C21H25N3O3S/c1-15-16(2)24(18-11-7-4-8-12-18)21(23-15)28(25,26)14-20-22-13-19(27-20)17-9-5-3-6-10-17/h3,5-6,9-10,13,18H,4,7-8,11-12,14H2,1-2H3. The number of hydrogen-bond donors (Lipinski definition) is 0. The van der Waals surface area contributed by atoms with E-state index in [1.165, 1.54) is 6.42 Å². The number of imidazole rings is 1. The Morgan fingerprint density at radius 2 is 1.82 bits per heavy atom. The van der Waals surface area contributed by atoms with E-state index >= 15 is 0 Å². The van der Waals surface area contributed by atoms with Gasteiger partial charge in [0.25, 0.3) is 0 Å².